The molecule has 2 aromatic carbocycles. The van der Waals surface area contributed by atoms with Crippen molar-refractivity contribution in [3.8, 4) is 22.5 Å². The first kappa shape index (κ1) is 23.4. The number of H-pyrrole nitrogens is 1. The average molecular weight is 458 g/mol. The van der Waals surface area contributed by atoms with Gasteiger partial charge in [-0.2, -0.15) is 10.3 Å². The van der Waals surface area contributed by atoms with Crippen molar-refractivity contribution in [2.75, 3.05) is 0 Å². The van der Waals surface area contributed by atoms with Gasteiger partial charge in [0, 0.05) is 16.8 Å². The van der Waals surface area contributed by atoms with Crippen molar-refractivity contribution in [2.24, 2.45) is 0 Å². The minimum Gasteiger partial charge on any atom is -0.346 e. The maximum atomic E-state index is 12.7. The van der Waals surface area contributed by atoms with Crippen molar-refractivity contribution in [3.63, 3.8) is 0 Å². The van der Waals surface area contributed by atoms with E-state index in [0.717, 1.165) is 47.2 Å². The first-order chi connectivity index (χ1) is 16.3. The number of carbonyl (C=O) groups excluding carboxylic acids is 1. The van der Waals surface area contributed by atoms with E-state index in [2.05, 4.69) is 68.3 Å². The number of tetrazole rings is 1. The third-order valence-corrected chi connectivity index (χ3v) is 5.48. The number of hydrogen-bond donors (Lipinski definition) is 2. The molecule has 176 valence electrons. The second-order valence-corrected chi connectivity index (χ2v) is 9.46. The number of carbonyl (C=O) groups is 1. The third kappa shape index (κ3) is 5.57. The van der Waals surface area contributed by atoms with Crippen LogP contribution in [0.2, 0.25) is 0 Å². The summed E-state index contributed by atoms with van der Waals surface area (Å²) in [6.45, 7) is 8.68. The summed E-state index contributed by atoms with van der Waals surface area (Å²) < 4.78 is 1.95. The maximum Gasteiger partial charge on any atom is 0.272 e. The Morgan fingerprint density at radius 1 is 1.06 bits per heavy atom. The summed E-state index contributed by atoms with van der Waals surface area (Å²) in [5.41, 5.74) is 5.38. The lowest BCUT2D eigenvalue weighted by Gasteiger charge is -2.19. The normalized spacial score (nSPS) is 11.5. The Kier molecular flexibility index (Phi) is 6.86. The molecule has 1 amide bonds. The molecule has 2 aromatic heterocycles. The highest BCUT2D eigenvalue weighted by atomic mass is 16.2. The average Bonchev–Trinajstić information content (AvgIpc) is 3.48. The molecule has 0 saturated carbocycles. The third-order valence-electron chi connectivity index (χ3n) is 5.48. The number of nitrogens with one attached hydrogen (secondary N) is 2. The molecule has 0 aliphatic carbocycles. The van der Waals surface area contributed by atoms with Crippen LogP contribution >= 0.6 is 0 Å². The predicted octanol–water partition coefficient (Wildman–Crippen LogP) is 4.65. The number of aromatic nitrogens is 6. The summed E-state index contributed by atoms with van der Waals surface area (Å²) in [5, 5.41) is 22.1. The van der Waals surface area contributed by atoms with Gasteiger partial charge in [0.25, 0.3) is 5.91 Å². The van der Waals surface area contributed by atoms with E-state index in [-0.39, 0.29) is 11.4 Å². The molecule has 0 unspecified atom stereocenters. The lowest BCUT2D eigenvalue weighted by Crippen LogP contribution is -2.40. The van der Waals surface area contributed by atoms with Crippen LogP contribution in [-0.4, -0.2) is 41.9 Å². The van der Waals surface area contributed by atoms with Crippen LogP contribution in [0.3, 0.4) is 0 Å². The van der Waals surface area contributed by atoms with E-state index < -0.39 is 0 Å². The molecule has 0 aliphatic rings. The summed E-state index contributed by atoms with van der Waals surface area (Å²) in [5.74, 6) is 0.426. The Labute approximate surface area is 199 Å². The van der Waals surface area contributed by atoms with Crippen molar-refractivity contribution in [1.82, 2.24) is 35.7 Å². The van der Waals surface area contributed by atoms with Crippen molar-refractivity contribution >= 4 is 5.91 Å². The van der Waals surface area contributed by atoms with Gasteiger partial charge >= 0.3 is 0 Å². The quantitative estimate of drug-likeness (QED) is 0.401. The Bertz CT molecular complexity index is 1240. The van der Waals surface area contributed by atoms with Crippen LogP contribution in [0.5, 0.6) is 0 Å². The summed E-state index contributed by atoms with van der Waals surface area (Å²) in [6.07, 6.45) is 3.03. The van der Waals surface area contributed by atoms with Crippen LogP contribution < -0.4 is 5.32 Å². The molecular weight excluding hydrogens is 426 g/mol. The fourth-order valence-electron chi connectivity index (χ4n) is 3.84. The van der Waals surface area contributed by atoms with Crippen molar-refractivity contribution < 1.29 is 4.79 Å². The molecular formula is C26H31N7O. The summed E-state index contributed by atoms with van der Waals surface area (Å²) in [4.78, 5) is 12.7. The van der Waals surface area contributed by atoms with E-state index in [1.807, 2.05) is 49.7 Å². The second-order valence-electron chi connectivity index (χ2n) is 9.46. The fourth-order valence-corrected chi connectivity index (χ4v) is 3.84. The first-order valence-corrected chi connectivity index (χ1v) is 11.7. The molecule has 0 fully saturated rings. The van der Waals surface area contributed by atoms with Crippen LogP contribution in [-0.2, 0) is 13.0 Å². The van der Waals surface area contributed by atoms with Gasteiger partial charge < -0.3 is 5.32 Å². The Hall–Kier alpha value is -3.81. The van der Waals surface area contributed by atoms with Gasteiger partial charge in [-0.25, -0.2) is 0 Å². The number of benzene rings is 2. The van der Waals surface area contributed by atoms with Gasteiger partial charge in [0.1, 0.15) is 5.69 Å². The molecule has 8 heteroatoms. The highest BCUT2D eigenvalue weighted by Gasteiger charge is 2.19. The zero-order valence-electron chi connectivity index (χ0n) is 20.2. The van der Waals surface area contributed by atoms with Crippen LogP contribution in [0.15, 0.2) is 54.6 Å². The minimum atomic E-state index is -0.307. The second kappa shape index (κ2) is 9.99. The standard InChI is InChI=1S/C26H31N7O/c1-5-6-9-20-16-23(25(34)27-26(2,3)4)30-33(20)17-18-12-14-19(15-13-18)21-10-7-8-11-22(21)24-28-31-32-29-24/h7-8,10-16H,5-6,9,17H2,1-4H3,(H,27,34)(H,28,29,31,32). The van der Waals surface area contributed by atoms with E-state index >= 15 is 0 Å². The van der Waals surface area contributed by atoms with Gasteiger partial charge in [0.2, 0.25) is 5.82 Å². The maximum absolute atomic E-state index is 12.7. The number of nitrogens with zero attached hydrogens (tertiary/aromatic N) is 5. The van der Waals surface area contributed by atoms with E-state index in [1.54, 1.807) is 0 Å². The smallest absolute Gasteiger partial charge is 0.272 e. The lowest BCUT2D eigenvalue weighted by atomic mass is 9.98. The number of amides is 1. The number of unbranched alkanes of at least 4 members (excludes halogenated alkanes) is 1. The molecule has 0 saturated heterocycles. The van der Waals surface area contributed by atoms with E-state index in [4.69, 9.17) is 0 Å². The number of aromatic amines is 1. The molecule has 2 N–H and O–H groups in total. The van der Waals surface area contributed by atoms with Crippen molar-refractivity contribution in [2.45, 2.75) is 59.0 Å². The minimum absolute atomic E-state index is 0.141. The monoisotopic (exact) mass is 457 g/mol. The van der Waals surface area contributed by atoms with Gasteiger partial charge in [-0.15, -0.1) is 10.2 Å². The molecule has 34 heavy (non-hydrogen) atoms. The van der Waals surface area contributed by atoms with Gasteiger partial charge in [0.15, 0.2) is 0 Å². The molecule has 8 nitrogen and oxygen atoms in total. The van der Waals surface area contributed by atoms with Crippen LogP contribution in [0.1, 0.15) is 62.3 Å². The van der Waals surface area contributed by atoms with E-state index in [1.165, 1.54) is 0 Å². The van der Waals surface area contributed by atoms with Crippen molar-refractivity contribution in [1.29, 1.82) is 0 Å². The molecule has 0 spiro atoms. The largest absolute Gasteiger partial charge is 0.346 e. The van der Waals surface area contributed by atoms with Gasteiger partial charge in [0.05, 0.1) is 6.54 Å². The molecule has 4 rings (SSSR count). The summed E-state index contributed by atoms with van der Waals surface area (Å²) in [7, 11) is 0. The molecule has 0 radical (unpaired) electrons. The predicted molar refractivity (Wildman–Crippen MR) is 132 cm³/mol. The van der Waals surface area contributed by atoms with Crippen LogP contribution in [0.4, 0.5) is 0 Å². The van der Waals surface area contributed by atoms with E-state index in [9.17, 15) is 4.79 Å². The van der Waals surface area contributed by atoms with E-state index in [0.29, 0.717) is 18.1 Å². The zero-order chi connectivity index (χ0) is 24.1. The highest BCUT2D eigenvalue weighted by molar-refractivity contribution is 5.92. The molecule has 0 atom stereocenters. The molecule has 0 aliphatic heterocycles. The Balaban J connectivity index is 1.57. The first-order valence-electron chi connectivity index (χ1n) is 11.7. The van der Waals surface area contributed by atoms with Gasteiger partial charge in [-0.05, 0) is 61.6 Å². The van der Waals surface area contributed by atoms with Crippen LogP contribution in [0.25, 0.3) is 22.5 Å². The Morgan fingerprint density at radius 2 is 1.79 bits per heavy atom. The SMILES string of the molecule is CCCCc1cc(C(=O)NC(C)(C)C)nn1Cc1ccc(-c2ccccc2-c2nn[nH]n2)cc1. The van der Waals surface area contributed by atoms with Crippen LogP contribution in [0, 0.1) is 0 Å². The molecule has 0 bridgehead atoms. The fraction of sp³-hybridized carbons (Fsp3) is 0.346. The summed E-state index contributed by atoms with van der Waals surface area (Å²) in [6, 6.07) is 18.3. The Morgan fingerprint density at radius 3 is 2.44 bits per heavy atom. The number of rotatable bonds is 8. The highest BCUT2D eigenvalue weighted by Crippen LogP contribution is 2.29. The van der Waals surface area contributed by atoms with Gasteiger partial charge in [-0.3, -0.25) is 9.48 Å². The zero-order valence-corrected chi connectivity index (χ0v) is 20.2. The molecule has 2 heterocycles. The summed E-state index contributed by atoms with van der Waals surface area (Å²) >= 11 is 0. The van der Waals surface area contributed by atoms with Gasteiger partial charge in [-0.1, -0.05) is 61.9 Å². The lowest BCUT2D eigenvalue weighted by molar-refractivity contribution is 0.0913. The number of hydrogen-bond acceptors (Lipinski definition) is 5. The van der Waals surface area contributed by atoms with Crippen molar-refractivity contribution in [3.05, 3.63) is 71.5 Å². The number of aryl methyl sites for hydroxylation is 1. The topological polar surface area (TPSA) is 101 Å². The molecule has 4 aromatic rings.